The molecule has 5 heteroatoms. The summed E-state index contributed by atoms with van der Waals surface area (Å²) in [6.07, 6.45) is 0. The van der Waals surface area contributed by atoms with Gasteiger partial charge in [-0.3, -0.25) is 0 Å². The monoisotopic (exact) mass is 794 g/mol. The Hall–Kier alpha value is -7.53. The van der Waals surface area contributed by atoms with Crippen LogP contribution in [0.5, 0.6) is 0 Å². The van der Waals surface area contributed by atoms with E-state index in [-0.39, 0.29) is 0 Å². The molecule has 0 N–H and O–H groups in total. The number of nitrogens with zero attached hydrogens (tertiary/aromatic N) is 4. The minimum Gasteiger partial charge on any atom is -0.310 e. The van der Waals surface area contributed by atoms with Crippen LogP contribution in [-0.4, -0.2) is 0 Å². The van der Waals surface area contributed by atoms with Crippen LogP contribution in [0.3, 0.4) is 0 Å². The lowest BCUT2D eigenvalue weighted by molar-refractivity contribution is 1.23. The number of benzene rings is 9. The van der Waals surface area contributed by atoms with E-state index in [4.69, 9.17) is 11.6 Å². The summed E-state index contributed by atoms with van der Waals surface area (Å²) < 4.78 is 0. The molecule has 0 saturated carbocycles. The Labute approximate surface area is 358 Å². The van der Waals surface area contributed by atoms with Gasteiger partial charge in [-0.2, -0.15) is 0 Å². The number of hydrogen-bond donors (Lipinski definition) is 0. The molecule has 60 heavy (non-hydrogen) atoms. The normalized spacial score (nSPS) is 10.8. The Kier molecular flexibility index (Phi) is 11.1. The summed E-state index contributed by atoms with van der Waals surface area (Å²) in [5.74, 6) is 0. The van der Waals surface area contributed by atoms with Gasteiger partial charge in [-0.25, -0.2) is 0 Å². The van der Waals surface area contributed by atoms with E-state index in [0.29, 0.717) is 5.02 Å². The Balaban J connectivity index is 1.19. The third-order valence-corrected chi connectivity index (χ3v) is 10.9. The molecular formula is C55H43ClN4. The van der Waals surface area contributed by atoms with E-state index in [1.807, 2.05) is 24.3 Å². The van der Waals surface area contributed by atoms with Crippen molar-refractivity contribution in [2.45, 2.75) is 6.92 Å². The first-order chi connectivity index (χ1) is 29.6. The maximum atomic E-state index is 7.80. The van der Waals surface area contributed by atoms with Crippen molar-refractivity contribution in [2.24, 2.45) is 0 Å². The lowest BCUT2D eigenvalue weighted by Gasteiger charge is -2.32. The van der Waals surface area contributed by atoms with Crippen LogP contribution in [0, 0.1) is 6.92 Å². The zero-order valence-electron chi connectivity index (χ0n) is 33.3. The minimum atomic E-state index is 0.613. The van der Waals surface area contributed by atoms with Crippen LogP contribution in [0.2, 0.25) is 5.02 Å². The Morgan fingerprint density at radius 2 is 0.500 bits per heavy atom. The van der Waals surface area contributed by atoms with E-state index in [0.717, 1.165) is 68.2 Å². The lowest BCUT2D eigenvalue weighted by Crippen LogP contribution is -2.16. The Morgan fingerprint density at radius 1 is 0.250 bits per heavy atom. The predicted molar refractivity (Wildman–Crippen MR) is 255 cm³/mol. The molecule has 9 rings (SSSR count). The van der Waals surface area contributed by atoms with Gasteiger partial charge in [0.1, 0.15) is 0 Å². The molecule has 0 atom stereocenters. The van der Waals surface area contributed by atoms with Gasteiger partial charge in [0, 0.05) is 56.9 Å². The van der Waals surface area contributed by atoms with Crippen molar-refractivity contribution in [3.8, 4) is 0 Å². The summed E-state index contributed by atoms with van der Waals surface area (Å²) >= 11 is 7.80. The minimum absolute atomic E-state index is 0.613. The summed E-state index contributed by atoms with van der Waals surface area (Å²) in [6.45, 7) is 2.12. The van der Waals surface area contributed by atoms with Crippen LogP contribution >= 0.6 is 11.6 Å². The Morgan fingerprint density at radius 3 is 0.833 bits per heavy atom. The SMILES string of the molecule is Cc1ccc(N(c2ccccc2)c2cccc(N(c3ccccc3)c3cccc(N(c4ccccc4)c4cccc(N(c5ccccc5)c5ccccc5)c4)c3Cl)c2)cc1. The fourth-order valence-electron chi connectivity index (χ4n) is 7.72. The maximum Gasteiger partial charge on any atom is 0.0887 e. The second kappa shape index (κ2) is 17.5. The van der Waals surface area contributed by atoms with E-state index in [1.54, 1.807) is 0 Å². The predicted octanol–water partition coefficient (Wildman–Crippen LogP) is 16.5. The quantitative estimate of drug-likeness (QED) is 0.122. The number of halogens is 1. The summed E-state index contributed by atoms with van der Waals surface area (Å²) in [6, 6.07) is 84.7. The zero-order valence-corrected chi connectivity index (χ0v) is 34.0. The van der Waals surface area contributed by atoms with Gasteiger partial charge < -0.3 is 19.6 Å². The van der Waals surface area contributed by atoms with E-state index in [1.165, 1.54) is 5.56 Å². The highest BCUT2D eigenvalue weighted by Gasteiger charge is 2.24. The van der Waals surface area contributed by atoms with Crippen LogP contribution in [-0.2, 0) is 0 Å². The van der Waals surface area contributed by atoms with Crippen molar-refractivity contribution in [3.05, 3.63) is 253 Å². The average Bonchev–Trinajstić information content (AvgIpc) is 3.31. The molecule has 0 fully saturated rings. The molecule has 9 aromatic rings. The molecule has 9 aromatic carbocycles. The zero-order chi connectivity index (χ0) is 40.7. The summed E-state index contributed by atoms with van der Waals surface area (Å²) in [7, 11) is 0. The maximum absolute atomic E-state index is 7.80. The van der Waals surface area contributed by atoms with E-state index in [9.17, 15) is 0 Å². The van der Waals surface area contributed by atoms with Gasteiger partial charge in [0.2, 0.25) is 0 Å². The summed E-state index contributed by atoms with van der Waals surface area (Å²) in [4.78, 5) is 9.07. The fraction of sp³-hybridized carbons (Fsp3) is 0.0182. The second-order valence-electron chi connectivity index (χ2n) is 14.5. The number of aryl methyl sites for hydroxylation is 1. The molecule has 0 aliphatic heterocycles. The summed E-state index contributed by atoms with van der Waals surface area (Å²) in [5, 5.41) is 0.613. The molecule has 0 radical (unpaired) electrons. The average molecular weight is 795 g/mol. The van der Waals surface area contributed by atoms with Gasteiger partial charge in [0.25, 0.3) is 0 Å². The number of para-hydroxylation sites is 5. The van der Waals surface area contributed by atoms with Crippen molar-refractivity contribution in [2.75, 3.05) is 19.6 Å². The van der Waals surface area contributed by atoms with Crippen molar-refractivity contribution in [1.29, 1.82) is 0 Å². The third-order valence-electron chi connectivity index (χ3n) is 10.5. The van der Waals surface area contributed by atoms with Crippen LogP contribution in [0.4, 0.5) is 68.2 Å². The number of hydrogen-bond acceptors (Lipinski definition) is 4. The van der Waals surface area contributed by atoms with Gasteiger partial charge in [-0.05, 0) is 128 Å². The molecule has 290 valence electrons. The van der Waals surface area contributed by atoms with E-state index in [2.05, 4.69) is 245 Å². The van der Waals surface area contributed by atoms with Crippen molar-refractivity contribution in [1.82, 2.24) is 0 Å². The fourth-order valence-corrected chi connectivity index (χ4v) is 8.02. The van der Waals surface area contributed by atoms with Crippen LogP contribution in [0.15, 0.2) is 243 Å². The van der Waals surface area contributed by atoms with Crippen molar-refractivity contribution < 1.29 is 0 Å². The number of rotatable bonds is 12. The van der Waals surface area contributed by atoms with E-state index >= 15 is 0 Å². The van der Waals surface area contributed by atoms with Crippen LogP contribution < -0.4 is 19.6 Å². The first kappa shape index (κ1) is 38.0. The van der Waals surface area contributed by atoms with Gasteiger partial charge in [-0.1, -0.05) is 138 Å². The molecule has 0 aliphatic carbocycles. The smallest absolute Gasteiger partial charge is 0.0887 e. The van der Waals surface area contributed by atoms with Gasteiger partial charge in [-0.15, -0.1) is 0 Å². The highest BCUT2D eigenvalue weighted by Crippen LogP contribution is 2.48. The highest BCUT2D eigenvalue weighted by molar-refractivity contribution is 6.36. The molecule has 0 spiro atoms. The third kappa shape index (κ3) is 7.97. The van der Waals surface area contributed by atoms with Crippen LogP contribution in [0.25, 0.3) is 0 Å². The molecule has 4 nitrogen and oxygen atoms in total. The van der Waals surface area contributed by atoms with Gasteiger partial charge in [0.15, 0.2) is 0 Å². The first-order valence-electron chi connectivity index (χ1n) is 20.1. The molecule has 0 saturated heterocycles. The van der Waals surface area contributed by atoms with Crippen LogP contribution in [0.1, 0.15) is 5.56 Å². The van der Waals surface area contributed by atoms with E-state index < -0.39 is 0 Å². The lowest BCUT2D eigenvalue weighted by atomic mass is 10.1. The highest BCUT2D eigenvalue weighted by atomic mass is 35.5. The topological polar surface area (TPSA) is 13.0 Å². The molecule has 0 bridgehead atoms. The Bertz CT molecular complexity index is 2740. The second-order valence-corrected chi connectivity index (χ2v) is 14.9. The molecule has 0 aromatic heterocycles. The first-order valence-corrected chi connectivity index (χ1v) is 20.5. The molecule has 0 heterocycles. The van der Waals surface area contributed by atoms with Gasteiger partial charge in [0.05, 0.1) is 16.4 Å². The van der Waals surface area contributed by atoms with Crippen molar-refractivity contribution in [3.63, 3.8) is 0 Å². The molecule has 0 aliphatic rings. The largest absolute Gasteiger partial charge is 0.310 e. The number of anilines is 12. The van der Waals surface area contributed by atoms with Crippen molar-refractivity contribution >= 4 is 79.8 Å². The summed E-state index contributed by atoms with van der Waals surface area (Å²) in [5.41, 5.74) is 13.2. The van der Waals surface area contributed by atoms with Gasteiger partial charge >= 0.3 is 0 Å². The standard InChI is InChI=1S/C55H43ClN4/c1-42-36-38-48(39-37-42)58(45-24-11-4-12-25-45)50-31-18-33-52(41-50)60(47-28-15-6-16-29-47)54-35-19-34-53(55(54)56)59(46-26-13-5-14-27-46)51-32-17-30-49(40-51)57(43-20-7-2-8-21-43)44-22-9-3-10-23-44/h2-41H,1H3. The molecule has 0 amide bonds. The molecular weight excluding hydrogens is 752 g/mol. The molecule has 0 unspecified atom stereocenters.